The number of likely N-dealkylation sites (tertiary alicyclic amines) is 1. The average Bonchev–Trinajstić information content (AvgIpc) is 3.21. The lowest BCUT2D eigenvalue weighted by Crippen LogP contribution is -2.54. The molecule has 0 unspecified atom stereocenters. The number of nitrogens with one attached hydrogen (secondary N) is 4. The lowest BCUT2D eigenvalue weighted by atomic mass is 10.1. The molecule has 1 aromatic carbocycles. The van der Waals surface area contributed by atoms with Crippen LogP contribution in [0.15, 0.2) is 30.3 Å². The summed E-state index contributed by atoms with van der Waals surface area (Å²) in [5.41, 5.74) is 5.91. The van der Waals surface area contributed by atoms with Crippen LogP contribution in [0.25, 0.3) is 0 Å². The zero-order valence-corrected chi connectivity index (χ0v) is 20.1. The van der Waals surface area contributed by atoms with Crippen molar-refractivity contribution in [1.82, 2.24) is 20.9 Å². The van der Waals surface area contributed by atoms with Crippen LogP contribution in [0.1, 0.15) is 38.2 Å². The number of rotatable bonds is 11. The number of hydrogen-bond donors (Lipinski definition) is 5. The van der Waals surface area contributed by atoms with E-state index in [2.05, 4.69) is 16.0 Å². The Bertz CT molecular complexity index is 915. The standard InChI is InChI=1S/C22H30N6O6.ClH/c1-14(19(31)27-16(12-29)8-5-11-25-21(23)24)26-20(32)17-9-10-18(30)28(17)22(33)34-13-15-6-3-2-4-7-15;/h2-4,6-7,12,14,16-17H,5,8-11,13H2,1H3,(H,26,32)(H,27,31)(H4,23,24,25);1H/t14-,16-,17+;/m0./s1. The molecule has 192 valence electrons. The maximum atomic E-state index is 12.7. The van der Waals surface area contributed by atoms with Gasteiger partial charge in [-0.25, -0.2) is 9.69 Å². The average molecular weight is 511 g/mol. The van der Waals surface area contributed by atoms with Gasteiger partial charge in [-0.2, -0.15) is 0 Å². The molecule has 1 saturated heterocycles. The summed E-state index contributed by atoms with van der Waals surface area (Å²) in [6, 6.07) is 6.02. The van der Waals surface area contributed by atoms with Gasteiger partial charge in [0.15, 0.2) is 5.96 Å². The van der Waals surface area contributed by atoms with Gasteiger partial charge in [0, 0.05) is 13.0 Å². The normalized spacial score (nSPS) is 16.3. The molecule has 0 spiro atoms. The molecule has 0 radical (unpaired) electrons. The van der Waals surface area contributed by atoms with Gasteiger partial charge < -0.3 is 31.2 Å². The molecule has 2 rings (SSSR count). The van der Waals surface area contributed by atoms with Crippen molar-refractivity contribution >= 4 is 48.5 Å². The molecule has 1 aliphatic rings. The topological polar surface area (TPSA) is 184 Å². The highest BCUT2D eigenvalue weighted by Gasteiger charge is 2.42. The van der Waals surface area contributed by atoms with Crippen molar-refractivity contribution in [3.8, 4) is 0 Å². The van der Waals surface area contributed by atoms with Gasteiger partial charge in [0.2, 0.25) is 17.7 Å². The summed E-state index contributed by atoms with van der Waals surface area (Å²) in [5, 5.41) is 14.7. The van der Waals surface area contributed by atoms with Crippen molar-refractivity contribution in [3.05, 3.63) is 35.9 Å². The van der Waals surface area contributed by atoms with Gasteiger partial charge in [-0.1, -0.05) is 30.3 Å². The first-order chi connectivity index (χ1) is 16.2. The number of carbonyl (C=O) groups is 5. The second-order valence-corrected chi connectivity index (χ2v) is 7.82. The summed E-state index contributed by atoms with van der Waals surface area (Å²) in [5.74, 6) is -1.98. The molecule has 0 bridgehead atoms. The molecule has 1 fully saturated rings. The summed E-state index contributed by atoms with van der Waals surface area (Å²) in [4.78, 5) is 61.9. The second-order valence-electron chi connectivity index (χ2n) is 7.82. The number of hydrogen-bond acceptors (Lipinski definition) is 7. The van der Waals surface area contributed by atoms with E-state index in [0.717, 1.165) is 10.5 Å². The van der Waals surface area contributed by atoms with Crippen LogP contribution in [0.4, 0.5) is 4.79 Å². The Morgan fingerprint density at radius 1 is 1.26 bits per heavy atom. The van der Waals surface area contributed by atoms with Crippen molar-refractivity contribution in [1.29, 1.82) is 5.41 Å². The van der Waals surface area contributed by atoms with Gasteiger partial charge in [-0.15, -0.1) is 12.4 Å². The first-order valence-electron chi connectivity index (χ1n) is 10.9. The lowest BCUT2D eigenvalue weighted by Gasteiger charge is -2.24. The second kappa shape index (κ2) is 14.6. The van der Waals surface area contributed by atoms with Crippen molar-refractivity contribution < 1.29 is 28.7 Å². The number of benzene rings is 1. The number of nitrogens with zero attached hydrogens (tertiary/aromatic N) is 1. The van der Waals surface area contributed by atoms with E-state index in [4.69, 9.17) is 15.9 Å². The van der Waals surface area contributed by atoms with E-state index < -0.39 is 41.9 Å². The molecule has 1 heterocycles. The van der Waals surface area contributed by atoms with Crippen LogP contribution in [0, 0.1) is 5.41 Å². The smallest absolute Gasteiger partial charge is 0.417 e. The Kier molecular flexibility index (Phi) is 12.2. The van der Waals surface area contributed by atoms with Crippen molar-refractivity contribution in [2.45, 2.75) is 57.3 Å². The van der Waals surface area contributed by atoms with E-state index in [1.807, 2.05) is 6.07 Å². The Balaban J connectivity index is 0.00000612. The fourth-order valence-electron chi connectivity index (χ4n) is 3.35. The van der Waals surface area contributed by atoms with Crippen LogP contribution < -0.4 is 21.7 Å². The van der Waals surface area contributed by atoms with Gasteiger partial charge in [-0.05, 0) is 31.7 Å². The molecule has 1 aliphatic heterocycles. The van der Waals surface area contributed by atoms with Crippen molar-refractivity contribution in [3.63, 3.8) is 0 Å². The summed E-state index contributed by atoms with van der Waals surface area (Å²) >= 11 is 0. The van der Waals surface area contributed by atoms with Crippen LogP contribution in [-0.2, 0) is 30.5 Å². The molecule has 6 N–H and O–H groups in total. The van der Waals surface area contributed by atoms with Gasteiger partial charge >= 0.3 is 6.09 Å². The molecule has 0 aromatic heterocycles. The monoisotopic (exact) mass is 510 g/mol. The third-order valence-corrected chi connectivity index (χ3v) is 5.17. The van der Waals surface area contributed by atoms with E-state index in [1.54, 1.807) is 24.3 Å². The van der Waals surface area contributed by atoms with Gasteiger partial charge in [0.05, 0.1) is 6.04 Å². The maximum absolute atomic E-state index is 12.7. The molecule has 3 atom stereocenters. The third kappa shape index (κ3) is 9.24. The highest BCUT2D eigenvalue weighted by Crippen LogP contribution is 2.21. The predicted octanol–water partition coefficient (Wildman–Crippen LogP) is 0.188. The molecule has 13 heteroatoms. The van der Waals surface area contributed by atoms with Crippen LogP contribution in [0.5, 0.6) is 0 Å². The number of guanidine groups is 1. The number of amides is 4. The summed E-state index contributed by atoms with van der Waals surface area (Å²) in [6.07, 6.45) is 0.562. The first-order valence-corrected chi connectivity index (χ1v) is 10.9. The van der Waals surface area contributed by atoms with Gasteiger partial charge in [0.1, 0.15) is 25.0 Å². The number of imide groups is 1. The minimum atomic E-state index is -1.09. The fourth-order valence-corrected chi connectivity index (χ4v) is 3.35. The molecular formula is C22H31ClN6O6. The quantitative estimate of drug-likeness (QED) is 0.121. The van der Waals surface area contributed by atoms with Crippen LogP contribution in [0.3, 0.4) is 0 Å². The summed E-state index contributed by atoms with van der Waals surface area (Å²) in [7, 11) is 0. The first kappa shape index (κ1) is 29.4. The van der Waals surface area contributed by atoms with Gasteiger partial charge in [0.25, 0.3) is 0 Å². The van der Waals surface area contributed by atoms with Crippen molar-refractivity contribution in [2.75, 3.05) is 6.54 Å². The Morgan fingerprint density at radius 2 is 1.94 bits per heavy atom. The minimum Gasteiger partial charge on any atom is -0.444 e. The molecule has 35 heavy (non-hydrogen) atoms. The zero-order valence-electron chi connectivity index (χ0n) is 19.3. The van der Waals surface area contributed by atoms with Crippen LogP contribution in [0.2, 0.25) is 0 Å². The van der Waals surface area contributed by atoms with Crippen LogP contribution in [-0.4, -0.2) is 65.6 Å². The number of halogens is 1. The Labute approximate surface area is 209 Å². The number of nitrogens with two attached hydrogens (primary N) is 1. The predicted molar refractivity (Wildman–Crippen MR) is 128 cm³/mol. The number of carbonyl (C=O) groups excluding carboxylic acids is 5. The molecule has 1 aromatic rings. The van der Waals surface area contributed by atoms with E-state index in [-0.39, 0.29) is 37.8 Å². The van der Waals surface area contributed by atoms with Crippen molar-refractivity contribution in [2.24, 2.45) is 5.73 Å². The fraction of sp³-hybridized carbons (Fsp3) is 0.455. The number of ether oxygens (including phenoxy) is 1. The molecular weight excluding hydrogens is 480 g/mol. The third-order valence-electron chi connectivity index (χ3n) is 5.17. The maximum Gasteiger partial charge on any atom is 0.417 e. The highest BCUT2D eigenvalue weighted by atomic mass is 35.5. The highest BCUT2D eigenvalue weighted by molar-refractivity contribution is 6.01. The van der Waals surface area contributed by atoms with Crippen LogP contribution >= 0.6 is 12.4 Å². The summed E-state index contributed by atoms with van der Waals surface area (Å²) < 4.78 is 5.19. The molecule has 12 nitrogen and oxygen atoms in total. The Hall–Kier alpha value is -3.67. The Morgan fingerprint density at radius 3 is 2.57 bits per heavy atom. The largest absolute Gasteiger partial charge is 0.444 e. The molecule has 4 amide bonds. The SMILES string of the molecule is C[C@H](NC(=O)[C@H]1CCC(=O)N1C(=O)OCc1ccccc1)C(=O)N[C@H](C=O)CCCNC(=N)N.Cl. The van der Waals surface area contributed by atoms with E-state index >= 15 is 0 Å². The van der Waals surface area contributed by atoms with Gasteiger partial charge in [-0.3, -0.25) is 19.8 Å². The zero-order chi connectivity index (χ0) is 25.1. The minimum absolute atomic E-state index is 0. The lowest BCUT2D eigenvalue weighted by molar-refractivity contribution is -0.135. The summed E-state index contributed by atoms with van der Waals surface area (Å²) in [6.45, 7) is 1.75. The molecule has 0 aliphatic carbocycles. The number of aldehydes is 1. The molecule has 0 saturated carbocycles. The van der Waals surface area contributed by atoms with E-state index in [0.29, 0.717) is 25.7 Å². The van der Waals surface area contributed by atoms with E-state index in [9.17, 15) is 24.0 Å². The van der Waals surface area contributed by atoms with E-state index in [1.165, 1.54) is 6.92 Å².